The lowest BCUT2D eigenvalue weighted by Gasteiger charge is -2.08. The smallest absolute Gasteiger partial charge is 0.251 e. The Bertz CT molecular complexity index is 640. The molecule has 0 saturated heterocycles. The molecular weight excluding hydrogens is 270 g/mol. The molecule has 5 nitrogen and oxygen atoms in total. The number of phenolic OH excluding ortho intramolecular Hbond substituents is 1. The lowest BCUT2D eigenvalue weighted by molar-refractivity contribution is 0.0950. The molecule has 0 unspecified atom stereocenters. The normalized spacial score (nSPS) is 10.2. The van der Waals surface area contributed by atoms with Crippen LogP contribution in [0.5, 0.6) is 11.5 Å². The Hall–Kier alpha value is -2.53. The van der Waals surface area contributed by atoms with Crippen LogP contribution >= 0.6 is 0 Å². The summed E-state index contributed by atoms with van der Waals surface area (Å²) in [5, 5.41) is 21.5. The van der Waals surface area contributed by atoms with Crippen LogP contribution in [-0.2, 0) is 13.2 Å². The summed E-state index contributed by atoms with van der Waals surface area (Å²) in [7, 11) is 1.45. The van der Waals surface area contributed by atoms with Crippen LogP contribution in [0.25, 0.3) is 0 Å². The van der Waals surface area contributed by atoms with E-state index >= 15 is 0 Å². The highest BCUT2D eigenvalue weighted by atomic mass is 16.5. The van der Waals surface area contributed by atoms with Crippen LogP contribution in [0, 0.1) is 0 Å². The van der Waals surface area contributed by atoms with E-state index < -0.39 is 0 Å². The fourth-order valence-electron chi connectivity index (χ4n) is 1.95. The van der Waals surface area contributed by atoms with Gasteiger partial charge in [0.2, 0.25) is 0 Å². The maximum atomic E-state index is 12.0. The SMILES string of the molecule is COc1ccc(C(=O)NCc2cccc(CO)c2)cc1O. The van der Waals surface area contributed by atoms with Gasteiger partial charge in [0.15, 0.2) is 11.5 Å². The first-order chi connectivity index (χ1) is 10.1. The van der Waals surface area contributed by atoms with E-state index in [0.717, 1.165) is 11.1 Å². The first-order valence-corrected chi connectivity index (χ1v) is 6.48. The van der Waals surface area contributed by atoms with E-state index in [1.807, 2.05) is 24.3 Å². The number of benzene rings is 2. The minimum absolute atomic E-state index is 0.0336. The Labute approximate surface area is 122 Å². The number of hydrogen-bond donors (Lipinski definition) is 3. The topological polar surface area (TPSA) is 78.8 Å². The van der Waals surface area contributed by atoms with Crippen LogP contribution < -0.4 is 10.1 Å². The molecule has 0 heterocycles. The van der Waals surface area contributed by atoms with Gasteiger partial charge >= 0.3 is 0 Å². The molecule has 0 fully saturated rings. The Kier molecular flexibility index (Phi) is 4.79. The highest BCUT2D eigenvalue weighted by Gasteiger charge is 2.09. The highest BCUT2D eigenvalue weighted by molar-refractivity contribution is 5.94. The number of rotatable bonds is 5. The second kappa shape index (κ2) is 6.76. The van der Waals surface area contributed by atoms with Crippen LogP contribution in [0.2, 0.25) is 0 Å². The van der Waals surface area contributed by atoms with Gasteiger partial charge in [-0.05, 0) is 29.3 Å². The maximum absolute atomic E-state index is 12.0. The summed E-state index contributed by atoms with van der Waals surface area (Å²) in [5.74, 6) is -0.0445. The number of methoxy groups -OCH3 is 1. The number of aliphatic hydroxyl groups excluding tert-OH is 1. The number of phenols is 1. The monoisotopic (exact) mass is 287 g/mol. The quantitative estimate of drug-likeness (QED) is 0.784. The molecule has 0 aliphatic heterocycles. The first kappa shape index (κ1) is 14.9. The van der Waals surface area contributed by atoms with Gasteiger partial charge in [0, 0.05) is 12.1 Å². The van der Waals surface area contributed by atoms with Crippen molar-refractivity contribution in [2.45, 2.75) is 13.2 Å². The predicted octanol–water partition coefficient (Wildman–Crippen LogP) is 1.82. The minimum Gasteiger partial charge on any atom is -0.504 e. The molecule has 0 aromatic heterocycles. The van der Waals surface area contributed by atoms with Crippen molar-refractivity contribution in [1.29, 1.82) is 0 Å². The number of hydrogen-bond acceptors (Lipinski definition) is 4. The molecule has 2 aromatic rings. The summed E-state index contributed by atoms with van der Waals surface area (Å²) >= 11 is 0. The van der Waals surface area contributed by atoms with Crippen LogP contribution in [0.3, 0.4) is 0 Å². The zero-order chi connectivity index (χ0) is 15.2. The molecule has 0 saturated carbocycles. The largest absolute Gasteiger partial charge is 0.504 e. The predicted molar refractivity (Wildman–Crippen MR) is 78.2 cm³/mol. The van der Waals surface area contributed by atoms with Crippen molar-refractivity contribution in [2.75, 3.05) is 7.11 Å². The van der Waals surface area contributed by atoms with Crippen molar-refractivity contribution in [3.63, 3.8) is 0 Å². The number of aromatic hydroxyl groups is 1. The summed E-state index contributed by atoms with van der Waals surface area (Å²) in [6.45, 7) is 0.313. The second-order valence-corrected chi connectivity index (χ2v) is 4.55. The van der Waals surface area contributed by atoms with E-state index in [1.54, 1.807) is 6.07 Å². The lowest BCUT2D eigenvalue weighted by atomic mass is 10.1. The van der Waals surface area contributed by atoms with Gasteiger partial charge in [-0.15, -0.1) is 0 Å². The van der Waals surface area contributed by atoms with Gasteiger partial charge in [0.1, 0.15) is 0 Å². The number of carbonyl (C=O) groups excluding carboxylic acids is 1. The summed E-state index contributed by atoms with van der Waals surface area (Å²) < 4.78 is 4.93. The van der Waals surface area contributed by atoms with E-state index in [2.05, 4.69) is 5.32 Å². The fraction of sp³-hybridized carbons (Fsp3) is 0.188. The molecule has 0 aliphatic carbocycles. The van der Waals surface area contributed by atoms with Gasteiger partial charge in [-0.2, -0.15) is 0 Å². The number of ether oxygens (including phenoxy) is 1. The Morgan fingerprint density at radius 1 is 1.19 bits per heavy atom. The zero-order valence-electron chi connectivity index (χ0n) is 11.7. The second-order valence-electron chi connectivity index (χ2n) is 4.55. The fourth-order valence-corrected chi connectivity index (χ4v) is 1.95. The number of aliphatic hydroxyl groups is 1. The maximum Gasteiger partial charge on any atom is 0.251 e. The standard InChI is InChI=1S/C16H17NO4/c1-21-15-6-5-13(8-14(15)19)16(20)17-9-11-3-2-4-12(7-11)10-18/h2-8,18-19H,9-10H2,1H3,(H,17,20). The molecule has 110 valence electrons. The van der Waals surface area contributed by atoms with Crippen LogP contribution in [-0.4, -0.2) is 23.2 Å². The van der Waals surface area contributed by atoms with Crippen molar-refractivity contribution in [3.05, 3.63) is 59.2 Å². The van der Waals surface area contributed by atoms with Gasteiger partial charge in [-0.1, -0.05) is 24.3 Å². The molecule has 0 aliphatic rings. The molecule has 5 heteroatoms. The average molecular weight is 287 g/mol. The average Bonchev–Trinajstić information content (AvgIpc) is 2.52. The molecule has 1 amide bonds. The zero-order valence-corrected chi connectivity index (χ0v) is 11.7. The minimum atomic E-state index is -0.289. The number of carbonyl (C=O) groups is 1. The third-order valence-electron chi connectivity index (χ3n) is 3.07. The van der Waals surface area contributed by atoms with Crippen molar-refractivity contribution in [1.82, 2.24) is 5.32 Å². The van der Waals surface area contributed by atoms with Gasteiger partial charge in [0.05, 0.1) is 13.7 Å². The molecular formula is C16H17NO4. The van der Waals surface area contributed by atoms with Crippen LogP contribution in [0.4, 0.5) is 0 Å². The Balaban J connectivity index is 2.02. The third kappa shape index (κ3) is 3.73. The van der Waals surface area contributed by atoms with E-state index in [4.69, 9.17) is 9.84 Å². The van der Waals surface area contributed by atoms with Crippen molar-refractivity contribution >= 4 is 5.91 Å². The summed E-state index contributed by atoms with van der Waals surface area (Å²) in [4.78, 5) is 12.0. The molecule has 0 spiro atoms. The van der Waals surface area contributed by atoms with E-state index in [9.17, 15) is 9.90 Å². The molecule has 0 atom stereocenters. The highest BCUT2D eigenvalue weighted by Crippen LogP contribution is 2.26. The number of nitrogens with one attached hydrogen (secondary N) is 1. The van der Waals surface area contributed by atoms with Gasteiger partial charge in [-0.3, -0.25) is 4.79 Å². The molecule has 2 aromatic carbocycles. The molecule has 3 N–H and O–H groups in total. The summed E-state index contributed by atoms with van der Waals surface area (Å²) in [6, 6.07) is 11.8. The Morgan fingerprint density at radius 3 is 2.62 bits per heavy atom. The molecule has 0 bridgehead atoms. The van der Waals surface area contributed by atoms with E-state index in [-0.39, 0.29) is 18.3 Å². The summed E-state index contributed by atoms with van der Waals surface area (Å²) in [5.41, 5.74) is 2.04. The number of amides is 1. The molecule has 21 heavy (non-hydrogen) atoms. The summed E-state index contributed by atoms with van der Waals surface area (Å²) in [6.07, 6.45) is 0. The van der Waals surface area contributed by atoms with Crippen molar-refractivity contribution in [3.8, 4) is 11.5 Å². The van der Waals surface area contributed by atoms with Gasteiger partial charge in [0.25, 0.3) is 5.91 Å². The molecule has 0 radical (unpaired) electrons. The Morgan fingerprint density at radius 2 is 1.95 bits per heavy atom. The van der Waals surface area contributed by atoms with E-state index in [1.165, 1.54) is 19.2 Å². The van der Waals surface area contributed by atoms with Crippen LogP contribution in [0.1, 0.15) is 21.5 Å². The van der Waals surface area contributed by atoms with Gasteiger partial charge in [-0.25, -0.2) is 0 Å². The first-order valence-electron chi connectivity index (χ1n) is 6.48. The molecule has 2 rings (SSSR count). The van der Waals surface area contributed by atoms with E-state index in [0.29, 0.717) is 17.9 Å². The third-order valence-corrected chi connectivity index (χ3v) is 3.07. The van der Waals surface area contributed by atoms with Crippen LogP contribution in [0.15, 0.2) is 42.5 Å². The van der Waals surface area contributed by atoms with Crippen molar-refractivity contribution < 1.29 is 19.7 Å². The lowest BCUT2D eigenvalue weighted by Crippen LogP contribution is -2.22. The van der Waals surface area contributed by atoms with Gasteiger partial charge < -0.3 is 20.3 Å². The van der Waals surface area contributed by atoms with Crippen molar-refractivity contribution in [2.24, 2.45) is 0 Å².